The zero-order chi connectivity index (χ0) is 27.4. The Morgan fingerprint density at radius 1 is 1.05 bits per heavy atom. The van der Waals surface area contributed by atoms with Crippen molar-refractivity contribution in [3.8, 4) is 0 Å². The molecular formula is C27H51N7O3S. The molecule has 0 aliphatic heterocycles. The number of rotatable bonds is 15. The lowest BCUT2D eigenvalue weighted by Gasteiger charge is -2.31. The number of carbonyl (C=O) groups excluding carboxylic acids is 1. The van der Waals surface area contributed by atoms with E-state index in [-0.39, 0.29) is 24.4 Å². The van der Waals surface area contributed by atoms with Crippen molar-refractivity contribution in [1.29, 1.82) is 0 Å². The summed E-state index contributed by atoms with van der Waals surface area (Å²) in [7, 11) is -1.63. The summed E-state index contributed by atoms with van der Waals surface area (Å²) < 4.78 is 28.9. The number of nitrogens with zero attached hydrogens (tertiary/aromatic N) is 4. The molecule has 1 aromatic rings. The number of carbonyl (C=O) groups is 1. The molecule has 0 bridgehead atoms. The minimum absolute atomic E-state index is 0.0876. The molecule has 3 N–H and O–H groups in total. The average Bonchev–Trinajstić information content (AvgIpc) is 3.41. The normalized spacial score (nSPS) is 18.5. The fourth-order valence-electron chi connectivity index (χ4n) is 5.88. The molecule has 218 valence electrons. The van der Waals surface area contributed by atoms with Gasteiger partial charge in [-0.1, -0.05) is 65.2 Å². The van der Waals surface area contributed by atoms with Crippen LogP contribution in [0.15, 0.2) is 0 Å². The van der Waals surface area contributed by atoms with Crippen molar-refractivity contribution in [2.75, 3.05) is 32.4 Å². The van der Waals surface area contributed by atoms with Gasteiger partial charge >= 0.3 is 6.03 Å². The SMILES string of the molecule is CCN(CC)CCCS(=O)(=O)N[C@H](CCC1CCCCC1)c1n[nH]c(CNC(=O)N(C)C2CCCCC2)n1. The van der Waals surface area contributed by atoms with Crippen LogP contribution >= 0.6 is 0 Å². The quantitative estimate of drug-likeness (QED) is 0.297. The van der Waals surface area contributed by atoms with E-state index >= 15 is 0 Å². The molecule has 2 aliphatic carbocycles. The van der Waals surface area contributed by atoms with Crippen LogP contribution in [0.4, 0.5) is 4.79 Å². The van der Waals surface area contributed by atoms with Crippen LogP contribution in [0.3, 0.4) is 0 Å². The van der Waals surface area contributed by atoms with Crippen molar-refractivity contribution in [3.05, 3.63) is 11.6 Å². The predicted molar refractivity (Wildman–Crippen MR) is 151 cm³/mol. The molecule has 11 heteroatoms. The molecule has 2 aliphatic rings. The summed E-state index contributed by atoms with van der Waals surface area (Å²) in [6.45, 7) is 7.01. The van der Waals surface area contributed by atoms with Gasteiger partial charge in [0.15, 0.2) is 5.82 Å². The third-order valence-corrected chi connectivity index (χ3v) is 9.87. The average molecular weight is 554 g/mol. The highest BCUT2D eigenvalue weighted by atomic mass is 32.2. The molecule has 0 spiro atoms. The number of sulfonamides is 1. The smallest absolute Gasteiger partial charge is 0.317 e. The van der Waals surface area contributed by atoms with E-state index in [0.717, 1.165) is 38.9 Å². The number of aromatic amines is 1. The van der Waals surface area contributed by atoms with Crippen LogP contribution in [0.2, 0.25) is 0 Å². The highest BCUT2D eigenvalue weighted by molar-refractivity contribution is 7.89. The maximum absolute atomic E-state index is 13.0. The van der Waals surface area contributed by atoms with E-state index in [1.165, 1.54) is 51.4 Å². The van der Waals surface area contributed by atoms with Gasteiger partial charge in [0.05, 0.1) is 18.3 Å². The lowest BCUT2D eigenvalue weighted by Crippen LogP contribution is -2.44. The minimum Gasteiger partial charge on any atom is -0.331 e. The van der Waals surface area contributed by atoms with E-state index < -0.39 is 16.1 Å². The van der Waals surface area contributed by atoms with E-state index in [4.69, 9.17) is 0 Å². The van der Waals surface area contributed by atoms with Crippen molar-refractivity contribution < 1.29 is 13.2 Å². The molecule has 3 rings (SSSR count). The molecular weight excluding hydrogens is 502 g/mol. The first-order valence-electron chi connectivity index (χ1n) is 15.0. The standard InChI is InChI=1S/C27H51N7O3S/c1-4-34(5-2)19-12-20-38(36,37)32-24(18-17-22-13-8-6-9-14-22)26-29-25(30-31-26)21-28-27(35)33(3)23-15-10-7-11-16-23/h22-24,32H,4-21H2,1-3H3,(H,28,35)(H,29,30,31)/t24-/m1/s1. The number of aromatic nitrogens is 3. The van der Waals surface area contributed by atoms with Crippen molar-refractivity contribution in [2.24, 2.45) is 5.92 Å². The fourth-order valence-corrected chi connectivity index (χ4v) is 7.16. The molecule has 0 aromatic carbocycles. The Morgan fingerprint density at radius 3 is 2.37 bits per heavy atom. The molecule has 1 aromatic heterocycles. The Balaban J connectivity index is 1.59. The number of nitrogens with one attached hydrogen (secondary N) is 3. The van der Waals surface area contributed by atoms with Gasteiger partial charge in [-0.05, 0) is 57.7 Å². The van der Waals surface area contributed by atoms with Crippen LogP contribution in [0.25, 0.3) is 0 Å². The second-order valence-corrected chi connectivity index (χ2v) is 13.0. The van der Waals surface area contributed by atoms with Gasteiger partial charge in [0, 0.05) is 13.1 Å². The van der Waals surface area contributed by atoms with E-state index in [9.17, 15) is 13.2 Å². The van der Waals surface area contributed by atoms with Gasteiger partial charge in [0.2, 0.25) is 10.0 Å². The van der Waals surface area contributed by atoms with Crippen LogP contribution in [0.5, 0.6) is 0 Å². The van der Waals surface area contributed by atoms with E-state index in [1.54, 1.807) is 4.90 Å². The lowest BCUT2D eigenvalue weighted by atomic mass is 9.85. The summed E-state index contributed by atoms with van der Waals surface area (Å²) >= 11 is 0. The molecule has 1 heterocycles. The molecule has 0 radical (unpaired) electrons. The molecule has 0 saturated heterocycles. The summed E-state index contributed by atoms with van der Waals surface area (Å²) in [6.07, 6.45) is 14.1. The monoisotopic (exact) mass is 553 g/mol. The van der Waals surface area contributed by atoms with Gasteiger partial charge in [-0.3, -0.25) is 5.10 Å². The summed E-state index contributed by atoms with van der Waals surface area (Å²) in [5.74, 6) is 1.71. The van der Waals surface area contributed by atoms with Crippen molar-refractivity contribution in [1.82, 2.24) is 35.0 Å². The van der Waals surface area contributed by atoms with Crippen LogP contribution in [-0.2, 0) is 16.6 Å². The molecule has 0 unspecified atom stereocenters. The van der Waals surface area contributed by atoms with Crippen molar-refractivity contribution in [3.63, 3.8) is 0 Å². The largest absolute Gasteiger partial charge is 0.331 e. The van der Waals surface area contributed by atoms with Crippen LogP contribution in [0, 0.1) is 5.92 Å². The Morgan fingerprint density at radius 2 is 1.71 bits per heavy atom. The molecule has 1 atom stereocenters. The first-order chi connectivity index (χ1) is 18.3. The maximum Gasteiger partial charge on any atom is 0.317 e. The summed E-state index contributed by atoms with van der Waals surface area (Å²) in [4.78, 5) is 21.3. The highest BCUT2D eigenvalue weighted by Gasteiger charge is 2.26. The number of hydrogen-bond acceptors (Lipinski definition) is 6. The minimum atomic E-state index is -3.48. The third kappa shape index (κ3) is 10.1. The van der Waals surface area contributed by atoms with Crippen LogP contribution in [-0.4, -0.2) is 77.9 Å². The van der Waals surface area contributed by atoms with Crippen LogP contribution in [0.1, 0.15) is 115 Å². The van der Waals surface area contributed by atoms with E-state index in [2.05, 4.69) is 44.0 Å². The van der Waals surface area contributed by atoms with Gasteiger partial charge in [-0.2, -0.15) is 5.10 Å². The summed E-state index contributed by atoms with van der Waals surface area (Å²) in [5, 5.41) is 10.2. The highest BCUT2D eigenvalue weighted by Crippen LogP contribution is 2.30. The van der Waals surface area contributed by atoms with Crippen molar-refractivity contribution >= 4 is 16.1 Å². The van der Waals surface area contributed by atoms with E-state index in [1.807, 2.05) is 7.05 Å². The molecule has 2 saturated carbocycles. The van der Waals surface area contributed by atoms with Gasteiger partial charge in [0.25, 0.3) is 0 Å². The second-order valence-electron chi connectivity index (χ2n) is 11.2. The maximum atomic E-state index is 13.0. The van der Waals surface area contributed by atoms with Crippen molar-refractivity contribution in [2.45, 2.75) is 116 Å². The number of H-pyrrole nitrogens is 1. The number of hydrogen-bond donors (Lipinski definition) is 3. The van der Waals surface area contributed by atoms with Gasteiger partial charge < -0.3 is 15.1 Å². The van der Waals surface area contributed by atoms with Gasteiger partial charge in [-0.25, -0.2) is 22.9 Å². The first kappa shape index (κ1) is 30.8. The van der Waals surface area contributed by atoms with Gasteiger partial charge in [-0.15, -0.1) is 0 Å². The second kappa shape index (κ2) is 15.8. The molecule has 10 nitrogen and oxygen atoms in total. The topological polar surface area (TPSA) is 123 Å². The number of amides is 2. The first-order valence-corrected chi connectivity index (χ1v) is 16.6. The Bertz CT molecular complexity index is 923. The Hall–Kier alpha value is -1.72. The summed E-state index contributed by atoms with van der Waals surface area (Å²) in [6, 6.07) is -0.298. The Labute approximate surface area is 230 Å². The van der Waals surface area contributed by atoms with Crippen LogP contribution < -0.4 is 10.0 Å². The number of urea groups is 1. The zero-order valence-corrected chi connectivity index (χ0v) is 24.7. The molecule has 2 amide bonds. The lowest BCUT2D eigenvalue weighted by molar-refractivity contribution is 0.173. The molecule has 38 heavy (non-hydrogen) atoms. The summed E-state index contributed by atoms with van der Waals surface area (Å²) in [5.41, 5.74) is 0. The van der Waals surface area contributed by atoms with Gasteiger partial charge in [0.1, 0.15) is 5.82 Å². The predicted octanol–water partition coefficient (Wildman–Crippen LogP) is 4.33. The Kier molecular flexibility index (Phi) is 12.8. The van der Waals surface area contributed by atoms with E-state index in [0.29, 0.717) is 30.4 Å². The fraction of sp³-hybridized carbons (Fsp3) is 0.889. The zero-order valence-electron chi connectivity index (χ0n) is 23.9. The molecule has 2 fully saturated rings. The third-order valence-electron chi connectivity index (χ3n) is 8.40.